The van der Waals surface area contributed by atoms with Crippen molar-refractivity contribution in [2.24, 2.45) is 0 Å². The Balaban J connectivity index is 1.53. The minimum absolute atomic E-state index is 0.0784. The Morgan fingerprint density at radius 1 is 0.760 bits per heavy atom. The van der Waals surface area contributed by atoms with Crippen LogP contribution in [-0.2, 0) is 0 Å². The van der Waals surface area contributed by atoms with Gasteiger partial charge in [0.05, 0.1) is 13.2 Å². The lowest BCUT2D eigenvalue weighted by Gasteiger charge is -2.26. The lowest BCUT2D eigenvalue weighted by atomic mass is 10.2. The van der Waals surface area contributed by atoms with Crippen molar-refractivity contribution in [1.29, 1.82) is 0 Å². The van der Waals surface area contributed by atoms with E-state index in [-0.39, 0.29) is 25.4 Å². The maximum absolute atomic E-state index is 9.22. The molecule has 2 N–H and O–H groups in total. The molecule has 7 heteroatoms. The van der Waals surface area contributed by atoms with Gasteiger partial charge in [0.15, 0.2) is 35.2 Å². The zero-order valence-corrected chi connectivity index (χ0v) is 14.2. The number of ether oxygens (including phenoxy) is 4. The standard InChI is InChI=1S/C18H18O6S/c19-7-11-9-21-15-3-1-13(5-17(15)23-11)25-14-2-4-16-18(6-14)24-12(8-20)10-22-16/h1-6,11-12,19-20H,7-10H2. The molecule has 0 fully saturated rings. The van der Waals surface area contributed by atoms with Gasteiger partial charge in [-0.15, -0.1) is 0 Å². The van der Waals surface area contributed by atoms with Gasteiger partial charge in [0, 0.05) is 9.79 Å². The second kappa shape index (κ2) is 7.03. The van der Waals surface area contributed by atoms with Crippen LogP contribution < -0.4 is 18.9 Å². The minimum atomic E-state index is -0.336. The average molecular weight is 362 g/mol. The molecule has 2 aliphatic heterocycles. The van der Waals surface area contributed by atoms with Gasteiger partial charge in [-0.25, -0.2) is 0 Å². The second-order valence-corrected chi connectivity index (χ2v) is 6.93. The zero-order chi connectivity index (χ0) is 17.2. The fourth-order valence-corrected chi connectivity index (χ4v) is 3.51. The van der Waals surface area contributed by atoms with Crippen LogP contribution in [0.4, 0.5) is 0 Å². The molecule has 0 radical (unpaired) electrons. The number of benzene rings is 2. The van der Waals surface area contributed by atoms with Crippen LogP contribution in [0.5, 0.6) is 23.0 Å². The van der Waals surface area contributed by atoms with Crippen LogP contribution in [0.1, 0.15) is 0 Å². The predicted octanol–water partition coefficient (Wildman–Crippen LogP) is 2.10. The van der Waals surface area contributed by atoms with Crippen molar-refractivity contribution in [3.8, 4) is 23.0 Å². The average Bonchev–Trinajstić information content (AvgIpc) is 2.66. The summed E-state index contributed by atoms with van der Waals surface area (Å²) in [5.41, 5.74) is 0. The maximum atomic E-state index is 9.22. The van der Waals surface area contributed by atoms with Gasteiger partial charge in [0.1, 0.15) is 13.2 Å². The van der Waals surface area contributed by atoms with Crippen molar-refractivity contribution < 1.29 is 29.2 Å². The highest BCUT2D eigenvalue weighted by atomic mass is 32.2. The molecular weight excluding hydrogens is 344 g/mol. The molecule has 2 aliphatic rings. The lowest BCUT2D eigenvalue weighted by molar-refractivity contribution is 0.0453. The van der Waals surface area contributed by atoms with Gasteiger partial charge < -0.3 is 29.2 Å². The van der Waals surface area contributed by atoms with Crippen LogP contribution in [-0.4, -0.2) is 48.8 Å². The van der Waals surface area contributed by atoms with Crippen LogP contribution in [0, 0.1) is 0 Å². The summed E-state index contributed by atoms with van der Waals surface area (Å²) in [6.45, 7) is 0.546. The summed E-state index contributed by atoms with van der Waals surface area (Å²) in [5.74, 6) is 2.63. The molecule has 0 saturated carbocycles. The van der Waals surface area contributed by atoms with E-state index in [0.717, 1.165) is 9.79 Å². The molecule has 2 aromatic carbocycles. The lowest BCUT2D eigenvalue weighted by Crippen LogP contribution is -2.32. The van der Waals surface area contributed by atoms with E-state index in [1.165, 1.54) is 0 Å². The molecule has 0 aromatic heterocycles. The maximum Gasteiger partial charge on any atom is 0.163 e. The smallest absolute Gasteiger partial charge is 0.163 e. The topological polar surface area (TPSA) is 77.4 Å². The van der Waals surface area contributed by atoms with E-state index in [1.54, 1.807) is 11.8 Å². The normalized spacial score (nSPS) is 21.0. The highest BCUT2D eigenvalue weighted by Gasteiger charge is 2.22. The largest absolute Gasteiger partial charge is 0.486 e. The third-order valence-corrected chi connectivity index (χ3v) is 4.89. The molecule has 0 amide bonds. The Hall–Kier alpha value is -2.09. The van der Waals surface area contributed by atoms with Gasteiger partial charge in [0.25, 0.3) is 0 Å². The molecule has 25 heavy (non-hydrogen) atoms. The number of aliphatic hydroxyl groups is 2. The van der Waals surface area contributed by atoms with Gasteiger partial charge in [-0.2, -0.15) is 0 Å². The minimum Gasteiger partial charge on any atom is -0.486 e. The van der Waals surface area contributed by atoms with Crippen molar-refractivity contribution in [2.45, 2.75) is 22.0 Å². The first-order chi connectivity index (χ1) is 12.2. The number of rotatable bonds is 4. The van der Waals surface area contributed by atoms with Crippen LogP contribution in [0.15, 0.2) is 46.2 Å². The van der Waals surface area contributed by atoms with Crippen molar-refractivity contribution in [3.63, 3.8) is 0 Å². The number of hydrogen-bond donors (Lipinski definition) is 2. The van der Waals surface area contributed by atoms with Gasteiger partial charge in [0.2, 0.25) is 0 Å². The highest BCUT2D eigenvalue weighted by molar-refractivity contribution is 7.99. The summed E-state index contributed by atoms with van der Waals surface area (Å²) in [4.78, 5) is 1.97. The molecule has 2 atom stereocenters. The summed E-state index contributed by atoms with van der Waals surface area (Å²) in [6, 6.07) is 11.4. The van der Waals surface area contributed by atoms with Crippen molar-refractivity contribution in [2.75, 3.05) is 26.4 Å². The monoisotopic (exact) mass is 362 g/mol. The molecule has 4 rings (SSSR count). The summed E-state index contributed by atoms with van der Waals surface area (Å²) < 4.78 is 22.6. The quantitative estimate of drug-likeness (QED) is 0.862. The van der Waals surface area contributed by atoms with E-state index in [9.17, 15) is 10.2 Å². The zero-order valence-electron chi connectivity index (χ0n) is 13.4. The molecule has 6 nitrogen and oxygen atoms in total. The molecule has 2 aromatic rings. The molecule has 0 spiro atoms. The van der Waals surface area contributed by atoms with E-state index in [4.69, 9.17) is 18.9 Å². The summed E-state index contributed by atoms with van der Waals surface area (Å²) in [6.07, 6.45) is -0.671. The Bertz CT molecular complexity index is 702. The van der Waals surface area contributed by atoms with Crippen LogP contribution >= 0.6 is 11.8 Å². The SMILES string of the molecule is OCC1COc2ccc(Sc3ccc4c(c3)OC(CO)CO4)cc2O1. The molecule has 2 unspecified atom stereocenters. The molecule has 0 bridgehead atoms. The van der Waals surface area contributed by atoms with E-state index >= 15 is 0 Å². The van der Waals surface area contributed by atoms with E-state index < -0.39 is 0 Å². The van der Waals surface area contributed by atoms with Gasteiger partial charge in [-0.05, 0) is 36.4 Å². The number of fused-ring (bicyclic) bond motifs is 2. The highest BCUT2D eigenvalue weighted by Crippen LogP contribution is 2.41. The van der Waals surface area contributed by atoms with Gasteiger partial charge in [-0.1, -0.05) is 11.8 Å². The van der Waals surface area contributed by atoms with E-state index in [1.807, 2.05) is 36.4 Å². The third kappa shape index (κ3) is 3.49. The fourth-order valence-electron chi connectivity index (χ4n) is 2.64. The number of hydrogen-bond acceptors (Lipinski definition) is 7. The van der Waals surface area contributed by atoms with Crippen molar-refractivity contribution >= 4 is 11.8 Å². The molecule has 0 aliphatic carbocycles. The Labute approximate surface area is 149 Å². The second-order valence-electron chi connectivity index (χ2n) is 5.79. The Morgan fingerprint density at radius 2 is 1.24 bits per heavy atom. The van der Waals surface area contributed by atoms with Crippen LogP contribution in [0.2, 0.25) is 0 Å². The van der Waals surface area contributed by atoms with Crippen LogP contribution in [0.3, 0.4) is 0 Å². The molecular formula is C18H18O6S. The predicted molar refractivity (Wildman–Crippen MR) is 91.0 cm³/mol. The molecule has 132 valence electrons. The summed E-state index contributed by atoms with van der Waals surface area (Å²) >= 11 is 1.55. The summed E-state index contributed by atoms with van der Waals surface area (Å²) in [5, 5.41) is 18.4. The molecule has 2 heterocycles. The Morgan fingerprint density at radius 3 is 1.68 bits per heavy atom. The van der Waals surface area contributed by atoms with Gasteiger partial charge in [-0.3, -0.25) is 0 Å². The van der Waals surface area contributed by atoms with Crippen molar-refractivity contribution in [3.05, 3.63) is 36.4 Å². The first kappa shape index (κ1) is 16.4. The summed E-state index contributed by atoms with van der Waals surface area (Å²) in [7, 11) is 0. The fraction of sp³-hybridized carbons (Fsp3) is 0.333. The van der Waals surface area contributed by atoms with Gasteiger partial charge >= 0.3 is 0 Å². The van der Waals surface area contributed by atoms with E-state index in [0.29, 0.717) is 36.2 Å². The third-order valence-electron chi connectivity index (χ3n) is 3.91. The molecule has 0 saturated heterocycles. The Kier molecular flexibility index (Phi) is 4.61. The van der Waals surface area contributed by atoms with Crippen molar-refractivity contribution in [1.82, 2.24) is 0 Å². The number of aliphatic hydroxyl groups excluding tert-OH is 2. The van der Waals surface area contributed by atoms with Crippen LogP contribution in [0.25, 0.3) is 0 Å². The first-order valence-corrected chi connectivity index (χ1v) is 8.83. The first-order valence-electron chi connectivity index (χ1n) is 8.02. The van der Waals surface area contributed by atoms with E-state index in [2.05, 4.69) is 0 Å².